The van der Waals surface area contributed by atoms with E-state index in [-0.39, 0.29) is 12.4 Å². The van der Waals surface area contributed by atoms with Gasteiger partial charge >= 0.3 is 0 Å². The number of likely N-dealkylation sites (tertiary alicyclic amines) is 1. The topological polar surface area (TPSA) is 3.24 Å². The molecule has 0 aromatic heterocycles. The van der Waals surface area contributed by atoms with E-state index in [0.717, 1.165) is 18.5 Å². The minimum atomic E-state index is 0. The lowest BCUT2D eigenvalue weighted by atomic mass is 10.1. The van der Waals surface area contributed by atoms with Crippen LogP contribution in [-0.4, -0.2) is 29.9 Å². The summed E-state index contributed by atoms with van der Waals surface area (Å²) in [6.45, 7) is 4.65. The second-order valence-electron chi connectivity index (χ2n) is 3.42. The standard InChI is InChI=1S/C9H18ClN.ClH/c1-9-5-3-2-4-7-11(9)8-6-10;/h9H,2-8H2,1H3;1H. The highest BCUT2D eigenvalue weighted by molar-refractivity contribution is 6.18. The zero-order chi connectivity index (χ0) is 8.10. The Balaban J connectivity index is 0.00000121. The summed E-state index contributed by atoms with van der Waals surface area (Å²) in [7, 11) is 0. The lowest BCUT2D eigenvalue weighted by Gasteiger charge is -2.25. The number of halogens is 2. The van der Waals surface area contributed by atoms with Gasteiger partial charge in [-0.25, -0.2) is 0 Å². The van der Waals surface area contributed by atoms with Crippen LogP contribution in [0.2, 0.25) is 0 Å². The van der Waals surface area contributed by atoms with E-state index in [4.69, 9.17) is 11.6 Å². The van der Waals surface area contributed by atoms with Crippen molar-refractivity contribution in [2.45, 2.75) is 38.6 Å². The minimum Gasteiger partial charge on any atom is -0.299 e. The number of rotatable bonds is 2. The Bertz CT molecular complexity index is 109. The van der Waals surface area contributed by atoms with Gasteiger partial charge in [0, 0.05) is 18.5 Å². The maximum absolute atomic E-state index is 5.71. The van der Waals surface area contributed by atoms with Gasteiger partial charge in [-0.3, -0.25) is 4.90 Å². The lowest BCUT2D eigenvalue weighted by molar-refractivity contribution is 0.226. The van der Waals surface area contributed by atoms with E-state index in [1.54, 1.807) is 0 Å². The fourth-order valence-electron chi connectivity index (χ4n) is 1.78. The Labute approximate surface area is 86.9 Å². The van der Waals surface area contributed by atoms with Gasteiger partial charge in [0.05, 0.1) is 0 Å². The van der Waals surface area contributed by atoms with Crippen LogP contribution in [0, 0.1) is 0 Å². The molecule has 0 N–H and O–H groups in total. The number of alkyl halides is 1. The number of nitrogens with zero attached hydrogens (tertiary/aromatic N) is 1. The van der Waals surface area contributed by atoms with Gasteiger partial charge in [0.2, 0.25) is 0 Å². The van der Waals surface area contributed by atoms with E-state index in [0.29, 0.717) is 0 Å². The predicted octanol–water partition coefficient (Wildman–Crippen LogP) is 2.91. The van der Waals surface area contributed by atoms with Crippen LogP contribution >= 0.6 is 24.0 Å². The molecule has 1 atom stereocenters. The molecule has 1 heterocycles. The van der Waals surface area contributed by atoms with Crippen molar-refractivity contribution in [1.29, 1.82) is 0 Å². The molecule has 0 aromatic carbocycles. The Morgan fingerprint density at radius 1 is 1.33 bits per heavy atom. The van der Waals surface area contributed by atoms with Crippen LogP contribution in [0.1, 0.15) is 32.6 Å². The van der Waals surface area contributed by atoms with E-state index in [9.17, 15) is 0 Å². The van der Waals surface area contributed by atoms with Crippen LogP contribution in [-0.2, 0) is 0 Å². The molecule has 1 rings (SSSR count). The Morgan fingerprint density at radius 3 is 2.75 bits per heavy atom. The van der Waals surface area contributed by atoms with E-state index in [2.05, 4.69) is 11.8 Å². The third kappa shape index (κ3) is 3.97. The molecule has 1 nitrogen and oxygen atoms in total. The minimum absolute atomic E-state index is 0. The lowest BCUT2D eigenvalue weighted by Crippen LogP contribution is -2.34. The summed E-state index contributed by atoms with van der Waals surface area (Å²) in [5.41, 5.74) is 0. The van der Waals surface area contributed by atoms with Crippen LogP contribution in [0.15, 0.2) is 0 Å². The molecule has 0 bridgehead atoms. The second-order valence-corrected chi connectivity index (χ2v) is 3.80. The van der Waals surface area contributed by atoms with Crippen molar-refractivity contribution in [2.75, 3.05) is 19.0 Å². The van der Waals surface area contributed by atoms with Crippen LogP contribution in [0.3, 0.4) is 0 Å². The van der Waals surface area contributed by atoms with E-state index >= 15 is 0 Å². The monoisotopic (exact) mass is 211 g/mol. The van der Waals surface area contributed by atoms with Gasteiger partial charge in [0.1, 0.15) is 0 Å². The zero-order valence-electron chi connectivity index (χ0n) is 7.76. The van der Waals surface area contributed by atoms with Crippen molar-refractivity contribution in [3.8, 4) is 0 Å². The smallest absolute Gasteiger partial charge is 0.0351 e. The zero-order valence-corrected chi connectivity index (χ0v) is 9.33. The Morgan fingerprint density at radius 2 is 2.08 bits per heavy atom. The molecule has 3 heteroatoms. The first-order valence-corrected chi connectivity index (χ1v) is 5.18. The summed E-state index contributed by atoms with van der Waals surface area (Å²) in [5.74, 6) is 0.782. The molecular weight excluding hydrogens is 193 g/mol. The molecule has 0 aliphatic carbocycles. The highest BCUT2D eigenvalue weighted by Gasteiger charge is 2.15. The average Bonchev–Trinajstić information content (AvgIpc) is 2.18. The molecule has 1 aliphatic heterocycles. The molecule has 74 valence electrons. The first kappa shape index (κ1) is 12.5. The van der Waals surface area contributed by atoms with Crippen LogP contribution in [0.4, 0.5) is 0 Å². The SMILES string of the molecule is CC1CCCCCN1CCCl.Cl. The molecule has 0 amide bonds. The van der Waals surface area contributed by atoms with Crippen molar-refractivity contribution < 1.29 is 0 Å². The van der Waals surface area contributed by atoms with Gasteiger partial charge in [0.25, 0.3) is 0 Å². The number of hydrogen-bond donors (Lipinski definition) is 0. The number of hydrogen-bond acceptors (Lipinski definition) is 1. The quantitative estimate of drug-likeness (QED) is 0.636. The Kier molecular flexibility index (Phi) is 7.31. The summed E-state index contributed by atoms with van der Waals surface area (Å²) in [6.07, 6.45) is 5.53. The molecule has 0 spiro atoms. The summed E-state index contributed by atoms with van der Waals surface area (Å²) in [6, 6.07) is 0.760. The van der Waals surface area contributed by atoms with Gasteiger partial charge < -0.3 is 0 Å². The third-order valence-electron chi connectivity index (χ3n) is 2.56. The van der Waals surface area contributed by atoms with Gasteiger partial charge in [-0.15, -0.1) is 24.0 Å². The van der Waals surface area contributed by atoms with Gasteiger partial charge in [-0.05, 0) is 26.3 Å². The maximum atomic E-state index is 5.71. The predicted molar refractivity (Wildman–Crippen MR) is 57.5 cm³/mol. The molecule has 1 fully saturated rings. The summed E-state index contributed by atoms with van der Waals surface area (Å²) < 4.78 is 0. The Hall–Kier alpha value is 0.540. The first-order valence-electron chi connectivity index (χ1n) is 4.64. The van der Waals surface area contributed by atoms with Crippen molar-refractivity contribution in [3.63, 3.8) is 0 Å². The van der Waals surface area contributed by atoms with Gasteiger partial charge in [0.15, 0.2) is 0 Å². The summed E-state index contributed by atoms with van der Waals surface area (Å²) in [5, 5.41) is 0. The second kappa shape index (κ2) is 6.99. The largest absolute Gasteiger partial charge is 0.299 e. The highest BCUT2D eigenvalue weighted by Crippen LogP contribution is 2.15. The molecule has 1 unspecified atom stereocenters. The van der Waals surface area contributed by atoms with Crippen molar-refractivity contribution in [2.24, 2.45) is 0 Å². The molecule has 1 aliphatic rings. The maximum Gasteiger partial charge on any atom is 0.0351 e. The molecule has 12 heavy (non-hydrogen) atoms. The van der Waals surface area contributed by atoms with Crippen molar-refractivity contribution in [3.05, 3.63) is 0 Å². The van der Waals surface area contributed by atoms with E-state index in [1.807, 2.05) is 0 Å². The van der Waals surface area contributed by atoms with Crippen LogP contribution < -0.4 is 0 Å². The van der Waals surface area contributed by atoms with E-state index in [1.165, 1.54) is 32.2 Å². The normalized spacial score (nSPS) is 26.0. The highest BCUT2D eigenvalue weighted by atomic mass is 35.5. The van der Waals surface area contributed by atoms with Gasteiger partial charge in [-0.2, -0.15) is 0 Å². The van der Waals surface area contributed by atoms with Crippen LogP contribution in [0.5, 0.6) is 0 Å². The molecular formula is C9H19Cl2N. The molecule has 0 saturated carbocycles. The molecule has 1 saturated heterocycles. The van der Waals surface area contributed by atoms with E-state index < -0.39 is 0 Å². The van der Waals surface area contributed by atoms with Crippen LogP contribution in [0.25, 0.3) is 0 Å². The summed E-state index contributed by atoms with van der Waals surface area (Å²) in [4.78, 5) is 2.51. The fourth-order valence-corrected chi connectivity index (χ4v) is 1.99. The summed E-state index contributed by atoms with van der Waals surface area (Å²) >= 11 is 5.71. The van der Waals surface area contributed by atoms with Crippen molar-refractivity contribution >= 4 is 24.0 Å². The van der Waals surface area contributed by atoms with Gasteiger partial charge in [-0.1, -0.05) is 12.8 Å². The first-order chi connectivity index (χ1) is 5.34. The molecule has 0 aromatic rings. The average molecular weight is 212 g/mol. The van der Waals surface area contributed by atoms with Crippen molar-refractivity contribution in [1.82, 2.24) is 4.90 Å². The third-order valence-corrected chi connectivity index (χ3v) is 2.73. The molecule has 0 radical (unpaired) electrons. The fraction of sp³-hybridized carbons (Fsp3) is 1.00.